The minimum atomic E-state index is -0.570. The van der Waals surface area contributed by atoms with Crippen molar-refractivity contribution in [3.63, 3.8) is 0 Å². The Labute approximate surface area is 146 Å². The molecule has 1 fully saturated rings. The molecule has 130 valence electrons. The Morgan fingerprint density at radius 3 is 2.72 bits per heavy atom. The van der Waals surface area contributed by atoms with Crippen molar-refractivity contribution >= 4 is 23.3 Å². The number of carbonyl (C=O) groups is 3. The van der Waals surface area contributed by atoms with E-state index >= 15 is 0 Å². The van der Waals surface area contributed by atoms with Gasteiger partial charge in [0.1, 0.15) is 6.04 Å². The number of benzene rings is 1. The number of rotatable bonds is 3. The first-order valence-electron chi connectivity index (χ1n) is 8.76. The molecule has 2 atom stereocenters. The van der Waals surface area contributed by atoms with E-state index in [9.17, 15) is 14.4 Å². The fraction of sp³-hybridized carbons (Fsp3) is 0.421. The summed E-state index contributed by atoms with van der Waals surface area (Å²) in [5.41, 5.74) is 9.56. The summed E-state index contributed by atoms with van der Waals surface area (Å²) in [6.07, 6.45) is 4.77. The predicted molar refractivity (Wildman–Crippen MR) is 92.2 cm³/mol. The summed E-state index contributed by atoms with van der Waals surface area (Å²) in [6, 6.07) is 5.32. The zero-order valence-electron chi connectivity index (χ0n) is 14.0. The lowest BCUT2D eigenvalue weighted by atomic mass is 9.96. The van der Waals surface area contributed by atoms with Crippen molar-refractivity contribution in [3.05, 3.63) is 41.0 Å². The topological polar surface area (TPSA) is 92.5 Å². The molecule has 2 aliphatic heterocycles. The largest absolute Gasteiger partial charge is 0.330 e. The number of nitrogens with one attached hydrogen (secondary N) is 1. The van der Waals surface area contributed by atoms with Gasteiger partial charge in [-0.2, -0.15) is 0 Å². The van der Waals surface area contributed by atoms with Crippen molar-refractivity contribution in [2.45, 2.75) is 38.3 Å². The number of allylic oxidation sites excluding steroid dienone is 1. The van der Waals surface area contributed by atoms with E-state index in [0.29, 0.717) is 31.0 Å². The van der Waals surface area contributed by atoms with Gasteiger partial charge in [-0.15, -0.1) is 0 Å². The Morgan fingerprint density at radius 2 is 2.00 bits per heavy atom. The molecule has 0 saturated carbocycles. The van der Waals surface area contributed by atoms with Gasteiger partial charge in [0.2, 0.25) is 11.8 Å². The van der Waals surface area contributed by atoms with Crippen LogP contribution < -0.4 is 11.1 Å². The monoisotopic (exact) mass is 339 g/mol. The lowest BCUT2D eigenvalue weighted by molar-refractivity contribution is -0.136. The Balaban J connectivity index is 1.65. The molecule has 4 rings (SSSR count). The second-order valence-corrected chi connectivity index (χ2v) is 6.97. The van der Waals surface area contributed by atoms with Gasteiger partial charge in [-0.25, -0.2) is 0 Å². The molecular weight excluding hydrogens is 318 g/mol. The van der Waals surface area contributed by atoms with Crippen molar-refractivity contribution in [3.8, 4) is 0 Å². The fourth-order valence-corrected chi connectivity index (χ4v) is 4.08. The molecule has 2 unspecified atom stereocenters. The highest BCUT2D eigenvalue weighted by molar-refractivity contribution is 6.07. The fourth-order valence-electron chi connectivity index (χ4n) is 4.08. The highest BCUT2D eigenvalue weighted by Crippen LogP contribution is 2.37. The molecule has 0 radical (unpaired) electrons. The SMILES string of the molecule is NCC1C=C(c2cccc3c2C(=O)N(C2CCC(=O)NC2=O)C3)CC1. The lowest BCUT2D eigenvalue weighted by Gasteiger charge is -2.29. The minimum absolute atomic E-state index is 0.114. The summed E-state index contributed by atoms with van der Waals surface area (Å²) in [4.78, 5) is 38.2. The van der Waals surface area contributed by atoms with E-state index in [1.165, 1.54) is 5.57 Å². The number of fused-ring (bicyclic) bond motifs is 1. The van der Waals surface area contributed by atoms with E-state index in [1.54, 1.807) is 4.90 Å². The number of imide groups is 1. The van der Waals surface area contributed by atoms with Gasteiger partial charge in [0.15, 0.2) is 0 Å². The molecule has 1 saturated heterocycles. The van der Waals surface area contributed by atoms with Gasteiger partial charge >= 0.3 is 0 Å². The van der Waals surface area contributed by atoms with Crippen molar-refractivity contribution in [1.29, 1.82) is 0 Å². The average Bonchev–Trinajstić information content (AvgIpc) is 3.20. The van der Waals surface area contributed by atoms with Crippen molar-refractivity contribution < 1.29 is 14.4 Å². The van der Waals surface area contributed by atoms with Gasteiger partial charge in [0.05, 0.1) is 5.56 Å². The van der Waals surface area contributed by atoms with Gasteiger partial charge in [0, 0.05) is 13.0 Å². The number of carbonyl (C=O) groups excluding carboxylic acids is 3. The molecule has 0 bridgehead atoms. The van der Waals surface area contributed by atoms with Crippen LogP contribution in [0.25, 0.3) is 5.57 Å². The van der Waals surface area contributed by atoms with Crippen molar-refractivity contribution in [1.82, 2.24) is 10.2 Å². The summed E-state index contributed by atoms with van der Waals surface area (Å²) in [5.74, 6) is -0.386. The van der Waals surface area contributed by atoms with Crippen LogP contribution in [0.4, 0.5) is 0 Å². The first kappa shape index (κ1) is 16.0. The normalized spacial score (nSPS) is 25.9. The first-order chi connectivity index (χ1) is 12.1. The molecule has 1 aromatic rings. The molecule has 6 heteroatoms. The second kappa shape index (κ2) is 6.11. The van der Waals surface area contributed by atoms with E-state index in [1.807, 2.05) is 18.2 Å². The van der Waals surface area contributed by atoms with Crippen LogP contribution in [-0.4, -0.2) is 35.2 Å². The van der Waals surface area contributed by atoms with Crippen LogP contribution in [0.15, 0.2) is 24.3 Å². The summed E-state index contributed by atoms with van der Waals surface area (Å²) in [5, 5.41) is 2.34. The predicted octanol–water partition coefficient (Wildman–Crippen LogP) is 1.20. The van der Waals surface area contributed by atoms with Gasteiger partial charge in [-0.1, -0.05) is 24.3 Å². The molecule has 25 heavy (non-hydrogen) atoms. The summed E-state index contributed by atoms with van der Waals surface area (Å²) in [6.45, 7) is 1.04. The number of nitrogens with two attached hydrogens (primary N) is 1. The highest BCUT2D eigenvalue weighted by Gasteiger charge is 2.40. The summed E-state index contributed by atoms with van der Waals surface area (Å²) in [7, 11) is 0. The van der Waals surface area contributed by atoms with Crippen LogP contribution in [0.2, 0.25) is 0 Å². The van der Waals surface area contributed by atoms with E-state index in [-0.39, 0.29) is 24.1 Å². The number of hydrogen-bond acceptors (Lipinski definition) is 4. The Bertz CT molecular complexity index is 799. The van der Waals surface area contributed by atoms with Crippen molar-refractivity contribution in [2.24, 2.45) is 11.7 Å². The minimum Gasteiger partial charge on any atom is -0.330 e. The smallest absolute Gasteiger partial charge is 0.255 e. The molecule has 6 nitrogen and oxygen atoms in total. The van der Waals surface area contributed by atoms with E-state index in [0.717, 1.165) is 24.0 Å². The number of piperidine rings is 1. The van der Waals surface area contributed by atoms with E-state index < -0.39 is 6.04 Å². The van der Waals surface area contributed by atoms with Crippen LogP contribution in [-0.2, 0) is 16.1 Å². The van der Waals surface area contributed by atoms with Gasteiger partial charge in [0.25, 0.3) is 5.91 Å². The Kier molecular flexibility index (Phi) is 3.92. The first-order valence-corrected chi connectivity index (χ1v) is 8.76. The lowest BCUT2D eigenvalue weighted by Crippen LogP contribution is -2.52. The molecule has 1 aromatic carbocycles. The third kappa shape index (κ3) is 2.66. The zero-order valence-corrected chi connectivity index (χ0v) is 14.0. The molecule has 3 amide bonds. The summed E-state index contributed by atoms with van der Waals surface area (Å²) >= 11 is 0. The molecule has 3 N–H and O–H groups in total. The van der Waals surface area contributed by atoms with Crippen LogP contribution in [0.1, 0.15) is 47.2 Å². The maximum absolute atomic E-state index is 13.1. The highest BCUT2D eigenvalue weighted by atomic mass is 16.2. The van der Waals surface area contributed by atoms with Gasteiger partial charge < -0.3 is 10.6 Å². The van der Waals surface area contributed by atoms with Crippen LogP contribution >= 0.6 is 0 Å². The molecule has 1 aliphatic carbocycles. The number of nitrogens with zero attached hydrogens (tertiary/aromatic N) is 1. The second-order valence-electron chi connectivity index (χ2n) is 6.97. The Hall–Kier alpha value is -2.47. The maximum Gasteiger partial charge on any atom is 0.255 e. The van der Waals surface area contributed by atoms with Gasteiger partial charge in [-0.3, -0.25) is 19.7 Å². The third-order valence-corrected chi connectivity index (χ3v) is 5.42. The van der Waals surface area contributed by atoms with Crippen molar-refractivity contribution in [2.75, 3.05) is 6.54 Å². The third-order valence-electron chi connectivity index (χ3n) is 5.42. The van der Waals surface area contributed by atoms with Crippen LogP contribution in [0.5, 0.6) is 0 Å². The quantitative estimate of drug-likeness (QED) is 0.809. The number of amides is 3. The van der Waals surface area contributed by atoms with E-state index in [4.69, 9.17) is 5.73 Å². The average molecular weight is 339 g/mol. The summed E-state index contributed by atoms with van der Waals surface area (Å²) < 4.78 is 0. The van der Waals surface area contributed by atoms with Crippen LogP contribution in [0.3, 0.4) is 0 Å². The maximum atomic E-state index is 13.1. The van der Waals surface area contributed by atoms with Crippen LogP contribution in [0, 0.1) is 5.92 Å². The molecular formula is C19H21N3O3. The zero-order chi connectivity index (χ0) is 17.6. The Morgan fingerprint density at radius 1 is 1.16 bits per heavy atom. The van der Waals surface area contributed by atoms with E-state index in [2.05, 4.69) is 11.4 Å². The molecule has 0 aromatic heterocycles. The molecule has 3 aliphatic rings. The number of hydrogen-bond donors (Lipinski definition) is 2. The standard InChI is InChI=1S/C19H21N3O3/c20-9-11-4-5-12(8-11)14-3-1-2-13-10-22(19(25)17(13)14)15-6-7-16(23)21-18(15)24/h1-3,8,11,15H,4-7,9-10,20H2,(H,21,23,24). The van der Waals surface area contributed by atoms with Gasteiger partial charge in [-0.05, 0) is 48.4 Å². The molecule has 2 heterocycles. The molecule has 0 spiro atoms.